The second-order valence-corrected chi connectivity index (χ2v) is 10.6. The quantitative estimate of drug-likeness (QED) is 0.702. The molecular formula is C26H34O6. The number of fused-ring (bicyclic) bond motifs is 4. The van der Waals surface area contributed by atoms with Crippen LogP contribution in [0.3, 0.4) is 0 Å². The average molecular weight is 443 g/mol. The molecule has 1 aliphatic carbocycles. The van der Waals surface area contributed by atoms with E-state index in [9.17, 15) is 4.79 Å². The minimum Gasteiger partial charge on any atom is -0.370 e. The summed E-state index contributed by atoms with van der Waals surface area (Å²) in [4.78, 5) is 12.2. The molecule has 6 heteroatoms. The Balaban J connectivity index is 1.48. The lowest BCUT2D eigenvalue weighted by Gasteiger charge is -2.51. The van der Waals surface area contributed by atoms with Gasteiger partial charge < -0.3 is 23.7 Å². The number of ether oxygens (including phenoxy) is 5. The second-order valence-electron chi connectivity index (χ2n) is 10.6. The molecule has 0 N–H and O–H groups in total. The van der Waals surface area contributed by atoms with E-state index in [1.807, 2.05) is 32.0 Å². The van der Waals surface area contributed by atoms with Crippen LogP contribution < -0.4 is 0 Å². The number of hydrogen-bond donors (Lipinski definition) is 0. The first-order chi connectivity index (χ1) is 15.1. The maximum Gasteiger partial charge on any atom is 0.164 e. The fourth-order valence-electron chi connectivity index (χ4n) is 6.04. The summed E-state index contributed by atoms with van der Waals surface area (Å²) in [6, 6.07) is 10.2. The Morgan fingerprint density at radius 3 is 2.53 bits per heavy atom. The Labute approximate surface area is 190 Å². The first kappa shape index (κ1) is 22.2. The van der Waals surface area contributed by atoms with Crippen molar-refractivity contribution in [3.63, 3.8) is 0 Å². The van der Waals surface area contributed by atoms with Crippen LogP contribution in [0.4, 0.5) is 0 Å². The number of hydrogen-bond acceptors (Lipinski definition) is 6. The monoisotopic (exact) mass is 442 g/mol. The summed E-state index contributed by atoms with van der Waals surface area (Å²) >= 11 is 0. The van der Waals surface area contributed by atoms with E-state index in [2.05, 4.69) is 32.1 Å². The molecule has 6 nitrogen and oxygen atoms in total. The fourth-order valence-corrected chi connectivity index (χ4v) is 6.04. The Morgan fingerprint density at radius 1 is 1.09 bits per heavy atom. The molecule has 1 aromatic carbocycles. The number of carbonyl (C=O) groups is 1. The van der Waals surface area contributed by atoms with Crippen LogP contribution in [0.15, 0.2) is 42.0 Å². The molecule has 3 fully saturated rings. The second kappa shape index (κ2) is 8.03. The van der Waals surface area contributed by atoms with Crippen LogP contribution in [-0.4, -0.2) is 48.9 Å². The fraction of sp³-hybridized carbons (Fsp3) is 0.654. The number of Topliss-reactive ketones (excluding diaryl/α,β-unsaturated/α-hetero) is 1. The van der Waals surface area contributed by atoms with Crippen LogP contribution in [0.5, 0.6) is 0 Å². The van der Waals surface area contributed by atoms with Crippen molar-refractivity contribution in [1.82, 2.24) is 0 Å². The van der Waals surface area contributed by atoms with Crippen LogP contribution >= 0.6 is 0 Å². The van der Waals surface area contributed by atoms with Crippen molar-refractivity contribution in [3.8, 4) is 0 Å². The molecule has 0 bridgehead atoms. The van der Waals surface area contributed by atoms with Gasteiger partial charge in [0.2, 0.25) is 0 Å². The van der Waals surface area contributed by atoms with Gasteiger partial charge in [-0.3, -0.25) is 4.79 Å². The van der Waals surface area contributed by atoms with Crippen LogP contribution in [0.1, 0.15) is 46.6 Å². The molecule has 0 spiro atoms. The molecule has 0 aromatic heterocycles. The van der Waals surface area contributed by atoms with Gasteiger partial charge in [0.05, 0.1) is 25.4 Å². The number of rotatable bonds is 4. The first-order valence-corrected chi connectivity index (χ1v) is 11.7. The van der Waals surface area contributed by atoms with Gasteiger partial charge in [0.15, 0.2) is 17.9 Å². The Hall–Kier alpha value is -1.57. The van der Waals surface area contributed by atoms with Gasteiger partial charge in [0, 0.05) is 18.3 Å². The normalized spacial score (nSPS) is 39.4. The van der Waals surface area contributed by atoms with Gasteiger partial charge >= 0.3 is 0 Å². The summed E-state index contributed by atoms with van der Waals surface area (Å²) in [5.41, 5.74) is 1.74. The SMILES string of the molecule is CC(=O)C1=CC(C)(C)[C@@H]2[C@H]3[C@@H](O[C@H]2C1)O[C@@H]1COC(C)(C)O[C@H]1[C@@H]3OCc1ccccc1. The molecule has 32 heavy (non-hydrogen) atoms. The van der Waals surface area contributed by atoms with Crippen molar-refractivity contribution in [2.45, 2.75) is 84.1 Å². The van der Waals surface area contributed by atoms with E-state index in [1.54, 1.807) is 6.92 Å². The van der Waals surface area contributed by atoms with Gasteiger partial charge in [0.25, 0.3) is 0 Å². The summed E-state index contributed by atoms with van der Waals surface area (Å²) in [6.45, 7) is 10.8. The van der Waals surface area contributed by atoms with Crippen LogP contribution in [0.25, 0.3) is 0 Å². The Morgan fingerprint density at radius 2 is 1.81 bits per heavy atom. The number of carbonyl (C=O) groups excluding carboxylic acids is 1. The lowest BCUT2D eigenvalue weighted by atomic mass is 9.62. The lowest BCUT2D eigenvalue weighted by molar-refractivity contribution is -0.373. The minimum atomic E-state index is -0.700. The molecular weight excluding hydrogens is 408 g/mol. The smallest absolute Gasteiger partial charge is 0.164 e. The minimum absolute atomic E-state index is 0.00128. The van der Waals surface area contributed by atoms with E-state index in [0.717, 1.165) is 11.1 Å². The van der Waals surface area contributed by atoms with Crippen molar-refractivity contribution in [2.24, 2.45) is 17.3 Å². The maximum atomic E-state index is 12.2. The Bertz CT molecular complexity index is 891. The zero-order valence-corrected chi connectivity index (χ0v) is 19.6. The summed E-state index contributed by atoms with van der Waals surface area (Å²) in [7, 11) is 0. The molecule has 0 unspecified atom stereocenters. The highest BCUT2D eigenvalue weighted by Gasteiger charge is 2.62. The molecule has 3 heterocycles. The van der Waals surface area contributed by atoms with Crippen molar-refractivity contribution < 1.29 is 28.5 Å². The average Bonchev–Trinajstić information content (AvgIpc) is 3.10. The van der Waals surface area contributed by atoms with Crippen molar-refractivity contribution in [1.29, 1.82) is 0 Å². The molecule has 3 saturated heterocycles. The Kier molecular flexibility index (Phi) is 5.58. The van der Waals surface area contributed by atoms with Crippen molar-refractivity contribution in [3.05, 3.63) is 47.5 Å². The topological polar surface area (TPSA) is 63.2 Å². The molecule has 174 valence electrons. The summed E-state index contributed by atoms with van der Waals surface area (Å²) in [6.07, 6.45) is 1.55. The van der Waals surface area contributed by atoms with E-state index in [4.69, 9.17) is 23.7 Å². The van der Waals surface area contributed by atoms with Crippen LogP contribution in [0, 0.1) is 17.3 Å². The number of allylic oxidation sites excluding steroid dienone is 1. The summed E-state index contributed by atoms with van der Waals surface area (Å²) in [5, 5.41) is 0. The lowest BCUT2D eigenvalue weighted by Crippen LogP contribution is -2.63. The zero-order valence-electron chi connectivity index (χ0n) is 19.6. The molecule has 5 rings (SSSR count). The molecule has 0 amide bonds. The van der Waals surface area contributed by atoms with Crippen molar-refractivity contribution in [2.75, 3.05) is 6.61 Å². The van der Waals surface area contributed by atoms with Gasteiger partial charge in [-0.25, -0.2) is 0 Å². The summed E-state index contributed by atoms with van der Waals surface area (Å²) < 4.78 is 31.8. The predicted molar refractivity (Wildman–Crippen MR) is 118 cm³/mol. The molecule has 1 aromatic rings. The third-order valence-electron chi connectivity index (χ3n) is 7.40. The van der Waals surface area contributed by atoms with Gasteiger partial charge in [-0.15, -0.1) is 0 Å². The van der Waals surface area contributed by atoms with E-state index in [-0.39, 0.29) is 47.4 Å². The third-order valence-corrected chi connectivity index (χ3v) is 7.40. The highest BCUT2D eigenvalue weighted by atomic mass is 16.8. The molecule has 7 atom stereocenters. The van der Waals surface area contributed by atoms with E-state index < -0.39 is 12.1 Å². The third kappa shape index (κ3) is 3.97. The maximum absolute atomic E-state index is 12.2. The first-order valence-electron chi connectivity index (χ1n) is 11.7. The predicted octanol–water partition coefficient (Wildman–Crippen LogP) is 4.02. The standard InChI is InChI=1S/C26H34O6/c1-15(27)17-11-18-21(25(2,3)12-17)20-23(28-13-16-9-7-6-8-10-16)22-19(31-24(20)30-18)14-29-26(4,5)32-22/h6-10,12,18-24H,11,13-14H2,1-5H3/t18-,19+,20+,21-,22+,23+,24-/m0/s1. The van der Waals surface area contributed by atoms with Crippen LogP contribution in [0.2, 0.25) is 0 Å². The summed E-state index contributed by atoms with van der Waals surface area (Å²) in [5.74, 6) is -0.431. The van der Waals surface area contributed by atoms with Crippen LogP contribution in [-0.2, 0) is 35.1 Å². The zero-order chi connectivity index (χ0) is 22.7. The van der Waals surface area contributed by atoms with Gasteiger partial charge in [-0.05, 0) is 37.3 Å². The molecule has 4 aliphatic rings. The molecule has 3 aliphatic heterocycles. The van der Waals surface area contributed by atoms with E-state index >= 15 is 0 Å². The largest absolute Gasteiger partial charge is 0.370 e. The van der Waals surface area contributed by atoms with E-state index in [0.29, 0.717) is 19.6 Å². The highest BCUT2D eigenvalue weighted by molar-refractivity contribution is 5.93. The van der Waals surface area contributed by atoms with Gasteiger partial charge in [-0.1, -0.05) is 50.3 Å². The highest BCUT2D eigenvalue weighted by Crippen LogP contribution is 2.55. The number of benzene rings is 1. The molecule has 0 radical (unpaired) electrons. The van der Waals surface area contributed by atoms with E-state index in [1.165, 1.54) is 0 Å². The van der Waals surface area contributed by atoms with Crippen molar-refractivity contribution >= 4 is 5.78 Å². The number of ketones is 1. The van der Waals surface area contributed by atoms with Gasteiger partial charge in [-0.2, -0.15) is 0 Å². The van der Waals surface area contributed by atoms with Gasteiger partial charge in [0.1, 0.15) is 12.2 Å². The molecule has 0 saturated carbocycles.